The van der Waals surface area contributed by atoms with Crippen molar-refractivity contribution in [1.29, 1.82) is 0 Å². The maximum Gasteiger partial charge on any atom is 0.168 e. The van der Waals surface area contributed by atoms with Gasteiger partial charge in [-0.1, -0.05) is 122 Å². The van der Waals surface area contributed by atoms with Crippen molar-refractivity contribution in [1.82, 2.24) is 4.90 Å². The molecule has 0 aromatic carbocycles. The summed E-state index contributed by atoms with van der Waals surface area (Å²) in [6.07, 6.45) is 37.9. The van der Waals surface area contributed by atoms with Gasteiger partial charge < -0.3 is 14.4 Å². The Morgan fingerprint density at radius 2 is 1.16 bits per heavy atom. The molecule has 1 rings (SSSR count). The van der Waals surface area contributed by atoms with Gasteiger partial charge >= 0.3 is 0 Å². The van der Waals surface area contributed by atoms with Gasteiger partial charge in [0.2, 0.25) is 0 Å². The Hall–Kier alpha value is -0.640. The largest absolute Gasteiger partial charge is 0.347 e. The highest BCUT2D eigenvalue weighted by Gasteiger charge is 2.40. The third kappa shape index (κ3) is 20.0. The average molecular weight is 520 g/mol. The van der Waals surface area contributed by atoms with Crippen molar-refractivity contribution in [3.8, 4) is 0 Å². The monoisotopic (exact) mass is 520 g/mol. The second-order valence-electron chi connectivity index (χ2n) is 11.8. The molecular formula is C34H65NO2. The molecule has 0 saturated carbocycles. The summed E-state index contributed by atoms with van der Waals surface area (Å²) in [6.45, 7) is 6.41. The van der Waals surface area contributed by atoms with Gasteiger partial charge in [0.25, 0.3) is 0 Å². The van der Waals surface area contributed by atoms with Gasteiger partial charge in [-0.2, -0.15) is 0 Å². The van der Waals surface area contributed by atoms with Crippen LogP contribution in [-0.2, 0) is 9.47 Å². The summed E-state index contributed by atoms with van der Waals surface area (Å²) in [4.78, 5) is 2.25. The highest BCUT2D eigenvalue weighted by molar-refractivity contribution is 4.92. The topological polar surface area (TPSA) is 21.7 Å². The van der Waals surface area contributed by atoms with Crippen molar-refractivity contribution >= 4 is 0 Å². The summed E-state index contributed by atoms with van der Waals surface area (Å²) in [6, 6.07) is 0. The number of ether oxygens (including phenoxy) is 2. The first-order valence-electron chi connectivity index (χ1n) is 16.4. The molecule has 0 aromatic rings. The molecule has 1 fully saturated rings. The number of rotatable bonds is 26. The van der Waals surface area contributed by atoms with E-state index in [1.807, 2.05) is 0 Å². The zero-order chi connectivity index (χ0) is 26.9. The van der Waals surface area contributed by atoms with Gasteiger partial charge in [-0.25, -0.2) is 0 Å². The van der Waals surface area contributed by atoms with Crippen LogP contribution in [-0.4, -0.2) is 44.0 Å². The molecule has 0 aliphatic carbocycles. The van der Waals surface area contributed by atoms with Crippen LogP contribution in [0.15, 0.2) is 24.3 Å². The molecule has 1 aliphatic heterocycles. The number of hydrogen-bond acceptors (Lipinski definition) is 3. The molecule has 0 amide bonds. The van der Waals surface area contributed by atoms with E-state index in [0.717, 1.165) is 38.8 Å². The Morgan fingerprint density at radius 1 is 0.649 bits per heavy atom. The SMILES string of the molecule is CCCC/C=C/C/C=C\CCCCCCCCC1(CCCCCCCCCC)OCC(CCN(C)C)O1. The van der Waals surface area contributed by atoms with E-state index >= 15 is 0 Å². The van der Waals surface area contributed by atoms with Crippen LogP contribution in [0.4, 0.5) is 0 Å². The van der Waals surface area contributed by atoms with Crippen molar-refractivity contribution in [2.75, 3.05) is 27.2 Å². The minimum absolute atomic E-state index is 0.274. The van der Waals surface area contributed by atoms with Crippen molar-refractivity contribution in [2.45, 2.75) is 167 Å². The van der Waals surface area contributed by atoms with E-state index in [-0.39, 0.29) is 11.9 Å². The molecule has 0 spiro atoms. The third-order valence-electron chi connectivity index (χ3n) is 7.73. The first-order valence-corrected chi connectivity index (χ1v) is 16.4. The molecule has 1 saturated heterocycles. The van der Waals surface area contributed by atoms with Gasteiger partial charge in [0.1, 0.15) is 0 Å². The first kappa shape index (κ1) is 34.4. The quantitative estimate of drug-likeness (QED) is 0.0838. The normalized spacial score (nSPS) is 20.3. The van der Waals surface area contributed by atoms with Crippen LogP contribution >= 0.6 is 0 Å². The predicted molar refractivity (Wildman–Crippen MR) is 163 cm³/mol. The Labute approximate surface area is 232 Å². The number of unbranched alkanes of at least 4 members (excludes halogenated alkanes) is 15. The van der Waals surface area contributed by atoms with E-state index in [1.165, 1.54) is 116 Å². The molecule has 0 aromatic heterocycles. The zero-order valence-electron chi connectivity index (χ0n) is 25.6. The number of allylic oxidation sites excluding steroid dienone is 4. The molecule has 0 N–H and O–H groups in total. The maximum atomic E-state index is 6.62. The van der Waals surface area contributed by atoms with Gasteiger partial charge in [0, 0.05) is 19.4 Å². The molecule has 2 unspecified atom stereocenters. The zero-order valence-corrected chi connectivity index (χ0v) is 25.6. The summed E-state index contributed by atoms with van der Waals surface area (Å²) >= 11 is 0. The summed E-state index contributed by atoms with van der Waals surface area (Å²) in [5, 5.41) is 0. The van der Waals surface area contributed by atoms with Crippen LogP contribution in [0.1, 0.15) is 155 Å². The summed E-state index contributed by atoms with van der Waals surface area (Å²) in [7, 11) is 4.29. The van der Waals surface area contributed by atoms with E-state index in [0.29, 0.717) is 0 Å². The van der Waals surface area contributed by atoms with Crippen LogP contribution in [0.3, 0.4) is 0 Å². The fraction of sp³-hybridized carbons (Fsp3) is 0.882. The van der Waals surface area contributed by atoms with Gasteiger partial charge in [-0.05, 0) is 59.0 Å². The van der Waals surface area contributed by atoms with E-state index in [9.17, 15) is 0 Å². The van der Waals surface area contributed by atoms with Gasteiger partial charge in [0.15, 0.2) is 5.79 Å². The fourth-order valence-electron chi connectivity index (χ4n) is 5.27. The van der Waals surface area contributed by atoms with Crippen LogP contribution < -0.4 is 0 Å². The van der Waals surface area contributed by atoms with Crippen LogP contribution in [0.2, 0.25) is 0 Å². The summed E-state index contributed by atoms with van der Waals surface area (Å²) < 4.78 is 13.0. The Kier molecular flexibility index (Phi) is 22.7. The Bertz CT molecular complexity index is 544. The highest BCUT2D eigenvalue weighted by Crippen LogP contribution is 2.35. The highest BCUT2D eigenvalue weighted by atomic mass is 16.7. The molecular weight excluding hydrogens is 454 g/mol. The lowest BCUT2D eigenvalue weighted by atomic mass is 9.98. The van der Waals surface area contributed by atoms with Gasteiger partial charge in [-0.15, -0.1) is 0 Å². The summed E-state index contributed by atoms with van der Waals surface area (Å²) in [5.41, 5.74) is 0. The lowest BCUT2D eigenvalue weighted by Crippen LogP contribution is -2.31. The van der Waals surface area contributed by atoms with E-state index in [4.69, 9.17) is 9.47 Å². The second-order valence-corrected chi connectivity index (χ2v) is 11.8. The minimum Gasteiger partial charge on any atom is -0.347 e. The molecule has 0 radical (unpaired) electrons. The average Bonchev–Trinajstić information content (AvgIpc) is 3.30. The van der Waals surface area contributed by atoms with Crippen molar-refractivity contribution in [3.05, 3.63) is 24.3 Å². The van der Waals surface area contributed by atoms with Crippen LogP contribution in [0.5, 0.6) is 0 Å². The number of nitrogens with zero attached hydrogens (tertiary/aromatic N) is 1. The predicted octanol–water partition coefficient (Wildman–Crippen LogP) is 10.4. The summed E-state index contributed by atoms with van der Waals surface area (Å²) in [5.74, 6) is -0.297. The van der Waals surface area contributed by atoms with E-state index in [1.54, 1.807) is 0 Å². The molecule has 0 bridgehead atoms. The maximum absolute atomic E-state index is 6.62. The van der Waals surface area contributed by atoms with Crippen LogP contribution in [0, 0.1) is 0 Å². The van der Waals surface area contributed by atoms with Gasteiger partial charge in [-0.3, -0.25) is 0 Å². The molecule has 3 nitrogen and oxygen atoms in total. The molecule has 2 atom stereocenters. The standard InChI is InChI=1S/C34H65NO2/c1-5-7-9-11-13-15-16-17-18-19-20-21-23-25-27-30-34(29-26-24-22-14-12-10-8-6-2)36-32-33(37-34)28-31-35(3)4/h11,13,16-17,33H,5-10,12,14-15,18-32H2,1-4H3/b13-11+,17-16-. The molecule has 218 valence electrons. The Morgan fingerprint density at radius 3 is 1.73 bits per heavy atom. The van der Waals surface area contributed by atoms with E-state index in [2.05, 4.69) is 57.1 Å². The van der Waals surface area contributed by atoms with Crippen molar-refractivity contribution < 1.29 is 9.47 Å². The molecule has 37 heavy (non-hydrogen) atoms. The fourth-order valence-corrected chi connectivity index (χ4v) is 5.27. The third-order valence-corrected chi connectivity index (χ3v) is 7.73. The van der Waals surface area contributed by atoms with Gasteiger partial charge in [0.05, 0.1) is 12.7 Å². The lowest BCUT2D eigenvalue weighted by molar-refractivity contribution is -0.180. The minimum atomic E-state index is -0.297. The first-order chi connectivity index (χ1) is 18.1. The second kappa shape index (κ2) is 24.4. The van der Waals surface area contributed by atoms with Crippen molar-refractivity contribution in [2.24, 2.45) is 0 Å². The number of hydrogen-bond donors (Lipinski definition) is 0. The lowest BCUT2D eigenvalue weighted by Gasteiger charge is -2.29. The Balaban J connectivity index is 2.19. The molecule has 3 heteroatoms. The van der Waals surface area contributed by atoms with E-state index < -0.39 is 0 Å². The van der Waals surface area contributed by atoms with Crippen LogP contribution in [0.25, 0.3) is 0 Å². The molecule has 1 heterocycles. The van der Waals surface area contributed by atoms with Crippen molar-refractivity contribution in [3.63, 3.8) is 0 Å². The molecule has 1 aliphatic rings. The smallest absolute Gasteiger partial charge is 0.168 e.